The lowest BCUT2D eigenvalue weighted by atomic mass is 10.2. The summed E-state index contributed by atoms with van der Waals surface area (Å²) in [6.07, 6.45) is 1.70. The fourth-order valence-electron chi connectivity index (χ4n) is 1.62. The summed E-state index contributed by atoms with van der Waals surface area (Å²) in [4.78, 5) is 6.93. The van der Waals surface area contributed by atoms with Crippen LogP contribution in [0.5, 0.6) is 0 Å². The molecule has 2 rings (SSSR count). The maximum Gasteiger partial charge on any atom is 0.126 e. The number of aryl methyl sites for hydroxylation is 2. The first-order chi connectivity index (χ1) is 8.06. The third-order valence-corrected chi connectivity index (χ3v) is 3.89. The fourth-order valence-corrected chi connectivity index (χ4v) is 2.50. The van der Waals surface area contributed by atoms with Crippen LogP contribution in [0.1, 0.15) is 28.3 Å². The Balaban J connectivity index is 2.12. The molecule has 1 atom stereocenters. The number of nitrogens with zero attached hydrogens (tertiary/aromatic N) is 1. The molecule has 17 heavy (non-hydrogen) atoms. The van der Waals surface area contributed by atoms with Gasteiger partial charge in [-0.15, -0.1) is 11.3 Å². The van der Waals surface area contributed by atoms with Crippen LogP contribution in [0.4, 0.5) is 11.5 Å². The Morgan fingerprint density at radius 1 is 1.35 bits per heavy atom. The summed E-state index contributed by atoms with van der Waals surface area (Å²) in [6, 6.07) is 6.54. The van der Waals surface area contributed by atoms with E-state index in [1.807, 2.05) is 24.3 Å². The lowest BCUT2D eigenvalue weighted by Crippen LogP contribution is -2.07. The van der Waals surface area contributed by atoms with Gasteiger partial charge >= 0.3 is 0 Å². The Hall–Kier alpha value is -1.55. The van der Waals surface area contributed by atoms with Crippen molar-refractivity contribution >= 4 is 22.8 Å². The molecule has 4 heteroatoms. The Bertz CT molecular complexity index is 519. The first kappa shape index (κ1) is 11.9. The van der Waals surface area contributed by atoms with Crippen molar-refractivity contribution in [3.63, 3.8) is 0 Å². The molecule has 3 nitrogen and oxygen atoms in total. The average molecular weight is 247 g/mol. The zero-order valence-corrected chi connectivity index (χ0v) is 11.1. The van der Waals surface area contributed by atoms with Crippen LogP contribution in [0.15, 0.2) is 24.4 Å². The van der Waals surface area contributed by atoms with Crippen LogP contribution < -0.4 is 11.1 Å². The Morgan fingerprint density at radius 3 is 2.71 bits per heavy atom. The molecule has 1 unspecified atom stereocenters. The number of thiophene rings is 1. The van der Waals surface area contributed by atoms with Gasteiger partial charge in [0.25, 0.3) is 0 Å². The molecule has 0 bridgehead atoms. The van der Waals surface area contributed by atoms with E-state index >= 15 is 0 Å². The molecule has 90 valence electrons. The first-order valence-electron chi connectivity index (χ1n) is 5.61. The van der Waals surface area contributed by atoms with Gasteiger partial charge in [-0.05, 0) is 44.5 Å². The van der Waals surface area contributed by atoms with Crippen molar-refractivity contribution in [3.8, 4) is 0 Å². The molecule has 2 aromatic rings. The molecule has 0 aliphatic rings. The van der Waals surface area contributed by atoms with Crippen LogP contribution in [0.25, 0.3) is 0 Å². The summed E-state index contributed by atoms with van der Waals surface area (Å²) in [7, 11) is 0. The van der Waals surface area contributed by atoms with E-state index in [4.69, 9.17) is 5.73 Å². The summed E-state index contributed by atoms with van der Waals surface area (Å²) < 4.78 is 0. The quantitative estimate of drug-likeness (QED) is 0.872. The summed E-state index contributed by atoms with van der Waals surface area (Å²) in [5.41, 5.74) is 7.53. The molecule has 0 spiro atoms. The summed E-state index contributed by atoms with van der Waals surface area (Å²) >= 11 is 1.81. The second-order valence-electron chi connectivity index (χ2n) is 4.24. The normalized spacial score (nSPS) is 12.4. The van der Waals surface area contributed by atoms with Gasteiger partial charge in [0.2, 0.25) is 0 Å². The van der Waals surface area contributed by atoms with Gasteiger partial charge in [0, 0.05) is 9.75 Å². The van der Waals surface area contributed by atoms with Crippen molar-refractivity contribution in [1.29, 1.82) is 0 Å². The molecule has 0 aliphatic carbocycles. The Labute approximate surface area is 106 Å². The highest BCUT2D eigenvalue weighted by Gasteiger charge is 2.08. The zero-order valence-electron chi connectivity index (χ0n) is 10.3. The molecule has 0 saturated heterocycles. The SMILES string of the molecule is Cc1ccc(C(C)Nc2cc(C)c(N)cn2)s1. The van der Waals surface area contributed by atoms with Gasteiger partial charge < -0.3 is 11.1 Å². The van der Waals surface area contributed by atoms with E-state index in [1.165, 1.54) is 9.75 Å². The van der Waals surface area contributed by atoms with Gasteiger partial charge in [-0.1, -0.05) is 0 Å². The van der Waals surface area contributed by atoms with E-state index in [-0.39, 0.29) is 6.04 Å². The van der Waals surface area contributed by atoms with Crippen LogP contribution in [0.2, 0.25) is 0 Å². The molecular formula is C13H17N3S. The lowest BCUT2D eigenvalue weighted by molar-refractivity contribution is 0.896. The maximum absolute atomic E-state index is 5.75. The van der Waals surface area contributed by atoms with Crippen LogP contribution in [0, 0.1) is 13.8 Å². The summed E-state index contributed by atoms with van der Waals surface area (Å²) in [6.45, 7) is 6.24. The average Bonchev–Trinajstić information content (AvgIpc) is 2.70. The predicted molar refractivity (Wildman–Crippen MR) is 74.5 cm³/mol. The molecule has 0 radical (unpaired) electrons. The Kier molecular flexibility index (Phi) is 3.33. The highest BCUT2D eigenvalue weighted by atomic mass is 32.1. The van der Waals surface area contributed by atoms with E-state index in [0.717, 1.165) is 17.1 Å². The molecule has 3 N–H and O–H groups in total. The van der Waals surface area contributed by atoms with Crippen LogP contribution in [-0.4, -0.2) is 4.98 Å². The van der Waals surface area contributed by atoms with Crippen molar-refractivity contribution in [3.05, 3.63) is 39.7 Å². The van der Waals surface area contributed by atoms with Gasteiger partial charge in [-0.3, -0.25) is 0 Å². The van der Waals surface area contributed by atoms with Gasteiger partial charge in [0.1, 0.15) is 5.82 Å². The molecular weight excluding hydrogens is 230 g/mol. The number of aromatic nitrogens is 1. The van der Waals surface area contributed by atoms with E-state index < -0.39 is 0 Å². The molecule has 2 aromatic heterocycles. The molecule has 0 aliphatic heterocycles. The number of nitrogens with two attached hydrogens (primary N) is 1. The fraction of sp³-hybridized carbons (Fsp3) is 0.308. The molecule has 0 amide bonds. The highest BCUT2D eigenvalue weighted by molar-refractivity contribution is 7.12. The van der Waals surface area contributed by atoms with Crippen LogP contribution in [0.3, 0.4) is 0 Å². The minimum absolute atomic E-state index is 0.268. The smallest absolute Gasteiger partial charge is 0.126 e. The number of anilines is 2. The monoisotopic (exact) mass is 247 g/mol. The van der Waals surface area contributed by atoms with Crippen LogP contribution >= 0.6 is 11.3 Å². The number of nitrogens with one attached hydrogen (secondary N) is 1. The van der Waals surface area contributed by atoms with E-state index in [2.05, 4.69) is 36.3 Å². The highest BCUT2D eigenvalue weighted by Crippen LogP contribution is 2.25. The molecule has 0 aromatic carbocycles. The minimum Gasteiger partial charge on any atom is -0.397 e. The third-order valence-electron chi connectivity index (χ3n) is 2.70. The van der Waals surface area contributed by atoms with Crippen molar-refractivity contribution in [2.75, 3.05) is 11.1 Å². The second-order valence-corrected chi connectivity index (χ2v) is 5.56. The van der Waals surface area contributed by atoms with Crippen molar-refractivity contribution in [1.82, 2.24) is 4.98 Å². The van der Waals surface area contributed by atoms with Gasteiger partial charge in [-0.2, -0.15) is 0 Å². The maximum atomic E-state index is 5.75. The third kappa shape index (κ3) is 2.77. The van der Waals surface area contributed by atoms with E-state index in [9.17, 15) is 0 Å². The van der Waals surface area contributed by atoms with Gasteiger partial charge in [0.05, 0.1) is 17.9 Å². The van der Waals surface area contributed by atoms with Crippen molar-refractivity contribution < 1.29 is 0 Å². The summed E-state index contributed by atoms with van der Waals surface area (Å²) in [5.74, 6) is 0.871. The van der Waals surface area contributed by atoms with Crippen LogP contribution in [-0.2, 0) is 0 Å². The standard InChI is InChI=1S/C13H17N3S/c1-8-6-13(15-7-11(8)14)16-10(3)12-5-4-9(2)17-12/h4-7,10H,14H2,1-3H3,(H,15,16). The minimum atomic E-state index is 0.268. The number of hydrogen-bond acceptors (Lipinski definition) is 4. The van der Waals surface area contributed by atoms with Gasteiger partial charge in [0.15, 0.2) is 0 Å². The number of hydrogen-bond donors (Lipinski definition) is 2. The second kappa shape index (κ2) is 4.75. The Morgan fingerprint density at radius 2 is 2.12 bits per heavy atom. The van der Waals surface area contributed by atoms with Gasteiger partial charge in [-0.25, -0.2) is 4.98 Å². The van der Waals surface area contributed by atoms with E-state index in [1.54, 1.807) is 6.20 Å². The molecule has 2 heterocycles. The van der Waals surface area contributed by atoms with Crippen molar-refractivity contribution in [2.24, 2.45) is 0 Å². The largest absolute Gasteiger partial charge is 0.397 e. The first-order valence-corrected chi connectivity index (χ1v) is 6.43. The van der Waals surface area contributed by atoms with E-state index in [0.29, 0.717) is 0 Å². The number of nitrogen functional groups attached to an aromatic ring is 1. The topological polar surface area (TPSA) is 50.9 Å². The lowest BCUT2D eigenvalue weighted by Gasteiger charge is -2.13. The zero-order chi connectivity index (χ0) is 12.4. The number of rotatable bonds is 3. The predicted octanol–water partition coefficient (Wildman–Crippen LogP) is 3.52. The summed E-state index contributed by atoms with van der Waals surface area (Å²) in [5, 5.41) is 3.38. The van der Waals surface area contributed by atoms with Crippen molar-refractivity contribution in [2.45, 2.75) is 26.8 Å². The molecule has 0 fully saturated rings. The molecule has 0 saturated carbocycles. The number of pyridine rings is 1.